The lowest BCUT2D eigenvalue weighted by atomic mass is 10.2. The predicted octanol–water partition coefficient (Wildman–Crippen LogP) is 3.44. The molecule has 0 radical (unpaired) electrons. The molecule has 1 amide bonds. The second-order valence-corrected chi connectivity index (χ2v) is 7.46. The molecule has 31 heavy (non-hydrogen) atoms. The summed E-state index contributed by atoms with van der Waals surface area (Å²) in [7, 11) is 2.93. The molecule has 0 saturated carbocycles. The maximum absolute atomic E-state index is 13.1. The van der Waals surface area contributed by atoms with Crippen molar-refractivity contribution in [2.45, 2.75) is 32.9 Å². The van der Waals surface area contributed by atoms with Crippen LogP contribution in [-0.4, -0.2) is 29.3 Å². The summed E-state index contributed by atoms with van der Waals surface area (Å²) in [5.74, 6) is 0.289. The highest BCUT2D eigenvalue weighted by Gasteiger charge is 2.19. The number of aromatic nitrogens is 2. The standard InChI is InChI=1S/C22H24ClN3O5/c1-5-13(2)26-21(28)14-8-6-7-9-17(14)25(22(26)29)12-20(27)24-16-10-15(23)18(30-3)11-19(16)31-4/h6-11,13H,5,12H2,1-4H3,(H,24,27)/t13-/m1/s1. The van der Waals surface area contributed by atoms with Crippen LogP contribution in [0.5, 0.6) is 11.5 Å². The molecule has 0 aliphatic carbocycles. The summed E-state index contributed by atoms with van der Waals surface area (Å²) in [4.78, 5) is 38.9. The third kappa shape index (κ3) is 4.29. The smallest absolute Gasteiger partial charge is 0.332 e. The predicted molar refractivity (Wildman–Crippen MR) is 121 cm³/mol. The van der Waals surface area contributed by atoms with Gasteiger partial charge in [0.1, 0.15) is 18.0 Å². The number of ether oxygens (including phenoxy) is 2. The number of halogens is 1. The summed E-state index contributed by atoms with van der Waals surface area (Å²) in [6.07, 6.45) is 0.598. The molecule has 0 spiro atoms. The highest BCUT2D eigenvalue weighted by molar-refractivity contribution is 6.32. The van der Waals surface area contributed by atoms with Gasteiger partial charge in [-0.15, -0.1) is 0 Å². The average molecular weight is 446 g/mol. The number of carbonyl (C=O) groups is 1. The van der Waals surface area contributed by atoms with Crippen molar-refractivity contribution in [3.63, 3.8) is 0 Å². The number of nitrogens with zero attached hydrogens (tertiary/aromatic N) is 2. The molecule has 0 unspecified atom stereocenters. The van der Waals surface area contributed by atoms with E-state index in [2.05, 4.69) is 5.32 Å². The van der Waals surface area contributed by atoms with Crippen LogP contribution in [0.3, 0.4) is 0 Å². The minimum atomic E-state index is -0.534. The third-order valence-corrected chi connectivity index (χ3v) is 5.46. The van der Waals surface area contributed by atoms with Crippen LogP contribution in [-0.2, 0) is 11.3 Å². The third-order valence-electron chi connectivity index (χ3n) is 5.16. The Balaban J connectivity index is 2.04. The van der Waals surface area contributed by atoms with Crippen LogP contribution in [0.4, 0.5) is 5.69 Å². The Bertz CT molecular complexity index is 1250. The molecule has 9 heteroatoms. The molecule has 1 atom stereocenters. The molecule has 0 fully saturated rings. The van der Waals surface area contributed by atoms with Gasteiger partial charge in [0.05, 0.1) is 35.8 Å². The van der Waals surface area contributed by atoms with Crippen LogP contribution in [0, 0.1) is 0 Å². The van der Waals surface area contributed by atoms with E-state index in [0.717, 1.165) is 0 Å². The molecule has 0 bridgehead atoms. The van der Waals surface area contributed by atoms with E-state index in [-0.39, 0.29) is 18.1 Å². The lowest BCUT2D eigenvalue weighted by Gasteiger charge is -2.18. The van der Waals surface area contributed by atoms with Gasteiger partial charge < -0.3 is 14.8 Å². The number of carbonyl (C=O) groups excluding carboxylic acids is 1. The summed E-state index contributed by atoms with van der Waals surface area (Å²) < 4.78 is 13.0. The van der Waals surface area contributed by atoms with Crippen molar-refractivity contribution in [3.05, 3.63) is 62.3 Å². The van der Waals surface area contributed by atoms with Crippen molar-refractivity contribution >= 4 is 34.1 Å². The molecule has 1 aromatic heterocycles. The van der Waals surface area contributed by atoms with Crippen LogP contribution in [0.15, 0.2) is 46.0 Å². The largest absolute Gasteiger partial charge is 0.495 e. The number of hydrogen-bond acceptors (Lipinski definition) is 5. The zero-order valence-corrected chi connectivity index (χ0v) is 18.5. The van der Waals surface area contributed by atoms with Crippen molar-refractivity contribution in [2.75, 3.05) is 19.5 Å². The first-order valence-corrected chi connectivity index (χ1v) is 10.2. The van der Waals surface area contributed by atoms with Gasteiger partial charge in [-0.3, -0.25) is 18.7 Å². The fourth-order valence-electron chi connectivity index (χ4n) is 3.35. The van der Waals surface area contributed by atoms with E-state index in [4.69, 9.17) is 21.1 Å². The second kappa shape index (κ2) is 9.26. The van der Waals surface area contributed by atoms with Crippen molar-refractivity contribution in [1.29, 1.82) is 0 Å². The van der Waals surface area contributed by atoms with Gasteiger partial charge in [-0.2, -0.15) is 0 Å². The number of para-hydroxylation sites is 1. The zero-order chi connectivity index (χ0) is 22.7. The molecule has 0 saturated heterocycles. The Kier molecular flexibility index (Phi) is 6.70. The van der Waals surface area contributed by atoms with E-state index < -0.39 is 11.6 Å². The van der Waals surface area contributed by atoms with E-state index in [9.17, 15) is 14.4 Å². The number of nitrogens with one attached hydrogen (secondary N) is 1. The van der Waals surface area contributed by atoms with Gasteiger partial charge in [0, 0.05) is 12.1 Å². The monoisotopic (exact) mass is 445 g/mol. The maximum Gasteiger partial charge on any atom is 0.332 e. The lowest BCUT2D eigenvalue weighted by Crippen LogP contribution is -2.43. The highest BCUT2D eigenvalue weighted by atomic mass is 35.5. The fraction of sp³-hybridized carbons (Fsp3) is 0.318. The van der Waals surface area contributed by atoms with Gasteiger partial charge in [-0.1, -0.05) is 30.7 Å². The van der Waals surface area contributed by atoms with E-state index in [0.29, 0.717) is 39.5 Å². The van der Waals surface area contributed by atoms with E-state index in [1.54, 1.807) is 37.3 Å². The Morgan fingerprint density at radius 3 is 2.45 bits per heavy atom. The molecule has 3 aromatic rings. The molecule has 1 heterocycles. The second-order valence-electron chi connectivity index (χ2n) is 7.05. The molecule has 2 aromatic carbocycles. The van der Waals surface area contributed by atoms with Crippen LogP contribution in [0.1, 0.15) is 26.3 Å². The molecule has 164 valence electrons. The molecular formula is C22H24ClN3O5. The number of rotatable bonds is 7. The number of amides is 1. The average Bonchev–Trinajstić information content (AvgIpc) is 2.76. The number of fused-ring (bicyclic) bond motifs is 1. The van der Waals surface area contributed by atoms with E-state index in [1.807, 2.05) is 6.92 Å². The molecule has 1 N–H and O–H groups in total. The number of anilines is 1. The van der Waals surface area contributed by atoms with Crippen molar-refractivity contribution in [1.82, 2.24) is 9.13 Å². The summed E-state index contributed by atoms with van der Waals surface area (Å²) in [5, 5.41) is 3.39. The highest BCUT2D eigenvalue weighted by Crippen LogP contribution is 2.35. The lowest BCUT2D eigenvalue weighted by molar-refractivity contribution is -0.116. The molecule has 8 nitrogen and oxygen atoms in total. The molecule has 3 rings (SSSR count). The first-order chi connectivity index (χ1) is 14.8. The van der Waals surface area contributed by atoms with Gasteiger partial charge in [0.25, 0.3) is 5.56 Å². The van der Waals surface area contributed by atoms with Crippen LogP contribution in [0.25, 0.3) is 10.9 Å². The van der Waals surface area contributed by atoms with E-state index >= 15 is 0 Å². The van der Waals surface area contributed by atoms with Gasteiger partial charge in [0.2, 0.25) is 5.91 Å². The minimum absolute atomic E-state index is 0.289. The topological polar surface area (TPSA) is 91.6 Å². The summed E-state index contributed by atoms with van der Waals surface area (Å²) in [5.41, 5.74) is -0.166. The zero-order valence-electron chi connectivity index (χ0n) is 17.8. The quantitative estimate of drug-likeness (QED) is 0.601. The summed E-state index contributed by atoms with van der Waals surface area (Å²) in [6.45, 7) is 3.40. The van der Waals surface area contributed by atoms with Crippen LogP contribution in [0.2, 0.25) is 5.02 Å². The van der Waals surface area contributed by atoms with Gasteiger partial charge in [-0.25, -0.2) is 4.79 Å². The normalized spacial score (nSPS) is 11.9. The molecule has 0 aliphatic rings. The summed E-state index contributed by atoms with van der Waals surface area (Å²) in [6, 6.07) is 9.51. The Labute approximate surface area is 184 Å². The Morgan fingerprint density at radius 2 is 1.81 bits per heavy atom. The van der Waals surface area contributed by atoms with Crippen LogP contribution < -0.4 is 26.0 Å². The Morgan fingerprint density at radius 1 is 1.13 bits per heavy atom. The van der Waals surface area contributed by atoms with Crippen LogP contribution >= 0.6 is 11.6 Å². The molecular weight excluding hydrogens is 422 g/mol. The van der Waals surface area contributed by atoms with Gasteiger partial charge in [-0.05, 0) is 31.5 Å². The van der Waals surface area contributed by atoms with Gasteiger partial charge in [0.15, 0.2) is 0 Å². The number of hydrogen-bond donors (Lipinski definition) is 1. The summed E-state index contributed by atoms with van der Waals surface area (Å²) >= 11 is 6.17. The van der Waals surface area contributed by atoms with Crippen molar-refractivity contribution in [2.24, 2.45) is 0 Å². The molecule has 0 aliphatic heterocycles. The first kappa shape index (κ1) is 22.4. The van der Waals surface area contributed by atoms with Gasteiger partial charge >= 0.3 is 5.69 Å². The van der Waals surface area contributed by atoms with Crippen molar-refractivity contribution < 1.29 is 14.3 Å². The number of benzene rings is 2. The minimum Gasteiger partial charge on any atom is -0.495 e. The Hall–Kier alpha value is -3.26. The fourth-order valence-corrected chi connectivity index (χ4v) is 3.60. The first-order valence-electron chi connectivity index (χ1n) is 9.77. The maximum atomic E-state index is 13.1. The van der Waals surface area contributed by atoms with E-state index in [1.165, 1.54) is 29.4 Å². The SMILES string of the molecule is CC[C@@H](C)n1c(=O)c2ccccc2n(CC(=O)Nc2cc(Cl)c(OC)cc2OC)c1=O. The number of methoxy groups -OCH3 is 2. The van der Waals surface area contributed by atoms with Crippen molar-refractivity contribution in [3.8, 4) is 11.5 Å².